The lowest BCUT2D eigenvalue weighted by molar-refractivity contribution is -0.165. The molecule has 4 saturated carbocycles. The van der Waals surface area contributed by atoms with E-state index in [1.165, 1.54) is 12.8 Å². The molecule has 0 spiro atoms. The molecule has 0 aromatic heterocycles. The summed E-state index contributed by atoms with van der Waals surface area (Å²) >= 11 is 0. The summed E-state index contributed by atoms with van der Waals surface area (Å²) in [4.78, 5) is 13.3. The fourth-order valence-electron chi connectivity index (χ4n) is 8.29. The lowest BCUT2D eigenvalue weighted by atomic mass is 9.69. The molecule has 0 amide bonds. The zero-order valence-corrected chi connectivity index (χ0v) is 23.9. The van der Waals surface area contributed by atoms with Gasteiger partial charge in [-0.2, -0.15) is 9.57 Å². The van der Waals surface area contributed by atoms with Gasteiger partial charge >= 0.3 is 5.97 Å². The van der Waals surface area contributed by atoms with Crippen molar-refractivity contribution in [3.05, 3.63) is 0 Å². The lowest BCUT2D eigenvalue weighted by Gasteiger charge is -2.46. The zero-order valence-electron chi connectivity index (χ0n) is 23.1. The SMILES string of the molecule is CCC[C@@](C)(C#N)C(=O)O[C@@H]1C[C@H]2CC[C@]1(CS(=O)(=O)N(C1CCCCC1)C1CCCCC1)C2(C)C. The normalized spacial score (nSPS) is 32.8. The maximum Gasteiger partial charge on any atom is 0.326 e. The largest absolute Gasteiger partial charge is 0.461 e. The van der Waals surface area contributed by atoms with E-state index in [1.807, 2.05) is 11.2 Å². The van der Waals surface area contributed by atoms with Crippen molar-refractivity contribution < 1.29 is 17.9 Å². The van der Waals surface area contributed by atoms with Crippen LogP contribution in [0.4, 0.5) is 0 Å². The van der Waals surface area contributed by atoms with E-state index in [1.54, 1.807) is 6.92 Å². The Hall–Kier alpha value is -1.13. The van der Waals surface area contributed by atoms with Gasteiger partial charge in [-0.25, -0.2) is 8.42 Å². The summed E-state index contributed by atoms with van der Waals surface area (Å²) in [5.74, 6) is -0.0814. The standard InChI is InChI=1S/C29H48N2O4S/c1-5-17-28(4,20-30)26(32)35-25-19-22-16-18-29(25,27(22,2)3)21-36(33,34)31(23-12-8-6-9-13-23)24-14-10-7-11-15-24/h22-25H,5-19,21H2,1-4H3/t22-,25-,28+,29-/m1/s1. The quantitative estimate of drug-likeness (QED) is 0.331. The molecule has 2 bridgehead atoms. The lowest BCUT2D eigenvalue weighted by Crippen LogP contribution is -2.55. The van der Waals surface area contributed by atoms with Crippen molar-refractivity contribution in [1.82, 2.24) is 4.31 Å². The van der Waals surface area contributed by atoms with Gasteiger partial charge in [0.05, 0.1) is 11.8 Å². The Kier molecular flexibility index (Phi) is 8.18. The van der Waals surface area contributed by atoms with Gasteiger partial charge in [0.25, 0.3) is 0 Å². The number of hydrogen-bond acceptors (Lipinski definition) is 5. The number of nitrogens with zero attached hydrogens (tertiary/aromatic N) is 2. The van der Waals surface area contributed by atoms with Crippen LogP contribution in [0.2, 0.25) is 0 Å². The summed E-state index contributed by atoms with van der Waals surface area (Å²) in [7, 11) is -3.56. The molecule has 0 aliphatic heterocycles. The molecule has 4 aliphatic rings. The monoisotopic (exact) mass is 520 g/mol. The second-order valence-electron chi connectivity index (χ2n) is 13.1. The van der Waals surface area contributed by atoms with Crippen LogP contribution in [0, 0.1) is 33.5 Å². The van der Waals surface area contributed by atoms with Gasteiger partial charge in [0.1, 0.15) is 6.10 Å². The maximum absolute atomic E-state index is 14.5. The number of esters is 1. The van der Waals surface area contributed by atoms with Crippen molar-refractivity contribution in [3.63, 3.8) is 0 Å². The smallest absolute Gasteiger partial charge is 0.326 e. The molecular formula is C29H48N2O4S. The van der Waals surface area contributed by atoms with E-state index in [4.69, 9.17) is 4.74 Å². The van der Waals surface area contributed by atoms with Crippen molar-refractivity contribution in [3.8, 4) is 6.07 Å². The maximum atomic E-state index is 14.5. The number of nitriles is 1. The second-order valence-corrected chi connectivity index (χ2v) is 15.0. The van der Waals surface area contributed by atoms with Crippen LogP contribution in [0.5, 0.6) is 0 Å². The molecule has 7 heteroatoms. The summed E-state index contributed by atoms with van der Waals surface area (Å²) in [6.45, 7) is 8.00. The predicted octanol–water partition coefficient (Wildman–Crippen LogP) is 6.35. The van der Waals surface area contributed by atoms with Gasteiger partial charge < -0.3 is 4.74 Å². The number of sulfonamides is 1. The Labute approximate surface area is 219 Å². The summed E-state index contributed by atoms with van der Waals surface area (Å²) in [5.41, 5.74) is -2.02. The molecule has 0 radical (unpaired) electrons. The molecule has 204 valence electrons. The van der Waals surface area contributed by atoms with Crippen LogP contribution in [0.3, 0.4) is 0 Å². The highest BCUT2D eigenvalue weighted by atomic mass is 32.2. The summed E-state index contributed by atoms with van der Waals surface area (Å²) in [5, 5.41) is 9.75. The Bertz CT molecular complexity index is 927. The average molecular weight is 521 g/mol. The minimum atomic E-state index is -3.56. The van der Waals surface area contributed by atoms with Crippen LogP contribution in [0.15, 0.2) is 0 Å². The molecular weight excluding hydrogens is 472 g/mol. The predicted molar refractivity (Wildman–Crippen MR) is 141 cm³/mol. The molecule has 0 saturated heterocycles. The summed E-state index contributed by atoms with van der Waals surface area (Å²) in [6, 6.07) is 2.40. The third-order valence-electron chi connectivity index (χ3n) is 10.7. The average Bonchev–Trinajstić information content (AvgIpc) is 3.20. The van der Waals surface area contributed by atoms with Crippen LogP contribution in [0.1, 0.15) is 124 Å². The number of fused-ring (bicyclic) bond motifs is 2. The van der Waals surface area contributed by atoms with E-state index in [2.05, 4.69) is 19.9 Å². The van der Waals surface area contributed by atoms with Crippen molar-refractivity contribution in [2.75, 3.05) is 5.75 Å². The molecule has 4 aliphatic carbocycles. The molecule has 6 nitrogen and oxygen atoms in total. The van der Waals surface area contributed by atoms with Crippen LogP contribution in [-0.2, 0) is 19.6 Å². The highest BCUT2D eigenvalue weighted by molar-refractivity contribution is 7.89. The molecule has 0 heterocycles. The summed E-state index contributed by atoms with van der Waals surface area (Å²) in [6.07, 6.45) is 13.8. The molecule has 4 fully saturated rings. The Morgan fingerprint density at radius 3 is 2.06 bits per heavy atom. The van der Waals surface area contributed by atoms with E-state index in [9.17, 15) is 18.5 Å². The van der Waals surface area contributed by atoms with Crippen LogP contribution >= 0.6 is 0 Å². The first-order valence-corrected chi connectivity index (χ1v) is 16.3. The molecule has 0 unspecified atom stereocenters. The van der Waals surface area contributed by atoms with E-state index in [0.717, 1.165) is 70.6 Å². The Morgan fingerprint density at radius 1 is 1.03 bits per heavy atom. The first kappa shape index (κ1) is 27.9. The van der Waals surface area contributed by atoms with Gasteiger partial charge in [-0.3, -0.25) is 4.79 Å². The van der Waals surface area contributed by atoms with Crippen molar-refractivity contribution >= 4 is 16.0 Å². The number of ether oxygens (including phenoxy) is 1. The molecule has 4 rings (SSSR count). The fraction of sp³-hybridized carbons (Fsp3) is 0.931. The Morgan fingerprint density at radius 2 is 1.58 bits per heavy atom. The number of carbonyl (C=O) groups excluding carboxylic acids is 1. The Balaban J connectivity index is 1.64. The first-order chi connectivity index (χ1) is 17.0. The van der Waals surface area contributed by atoms with Crippen molar-refractivity contribution in [2.45, 2.75) is 142 Å². The first-order valence-electron chi connectivity index (χ1n) is 14.6. The molecule has 0 aromatic rings. The summed E-state index contributed by atoms with van der Waals surface area (Å²) < 4.78 is 37.1. The second kappa shape index (κ2) is 10.6. The molecule has 4 atom stereocenters. The zero-order chi connectivity index (χ0) is 26.2. The van der Waals surface area contributed by atoms with Gasteiger partial charge in [-0.15, -0.1) is 0 Å². The molecule has 36 heavy (non-hydrogen) atoms. The van der Waals surface area contributed by atoms with Gasteiger partial charge in [0.2, 0.25) is 10.0 Å². The van der Waals surface area contributed by atoms with E-state index in [0.29, 0.717) is 18.8 Å². The van der Waals surface area contributed by atoms with Gasteiger partial charge in [0.15, 0.2) is 5.41 Å². The highest BCUT2D eigenvalue weighted by Crippen LogP contribution is 2.67. The van der Waals surface area contributed by atoms with Crippen molar-refractivity contribution in [2.24, 2.45) is 22.2 Å². The van der Waals surface area contributed by atoms with Gasteiger partial charge in [-0.05, 0) is 69.6 Å². The molecule has 0 aromatic carbocycles. The molecule has 0 N–H and O–H groups in total. The van der Waals surface area contributed by atoms with Crippen molar-refractivity contribution in [1.29, 1.82) is 5.26 Å². The third-order valence-corrected chi connectivity index (χ3v) is 12.8. The van der Waals surface area contributed by atoms with Gasteiger partial charge in [-0.1, -0.05) is 65.7 Å². The minimum absolute atomic E-state index is 0.0610. The number of hydrogen-bond donors (Lipinski definition) is 0. The fourth-order valence-corrected chi connectivity index (χ4v) is 11.1. The van der Waals surface area contributed by atoms with Gasteiger partial charge in [0, 0.05) is 17.5 Å². The van der Waals surface area contributed by atoms with Crippen LogP contribution in [0.25, 0.3) is 0 Å². The van der Waals surface area contributed by atoms with E-state index >= 15 is 0 Å². The highest BCUT2D eigenvalue weighted by Gasteiger charge is 2.67. The number of rotatable bonds is 9. The van der Waals surface area contributed by atoms with E-state index in [-0.39, 0.29) is 23.3 Å². The minimum Gasteiger partial charge on any atom is -0.461 e. The van der Waals surface area contributed by atoms with E-state index < -0.39 is 32.9 Å². The number of carbonyl (C=O) groups is 1. The third kappa shape index (κ3) is 4.86. The van der Waals surface area contributed by atoms with Crippen LogP contribution in [-0.4, -0.2) is 42.6 Å². The topological polar surface area (TPSA) is 87.5 Å². The van der Waals surface area contributed by atoms with Crippen LogP contribution < -0.4 is 0 Å².